The molecule has 1 rings (SSSR count). The Labute approximate surface area is 81.8 Å². The average molecular weight is 198 g/mol. The molecule has 0 aliphatic heterocycles. The zero-order valence-electron chi connectivity index (χ0n) is 7.94. The summed E-state index contributed by atoms with van der Waals surface area (Å²) in [6.07, 6.45) is 0. The highest BCUT2D eigenvalue weighted by molar-refractivity contribution is 5.38. The summed E-state index contributed by atoms with van der Waals surface area (Å²) in [6.45, 7) is 1.40. The minimum Gasteiger partial charge on any atom is -0.393 e. The summed E-state index contributed by atoms with van der Waals surface area (Å²) in [5.74, 6) is 0.845. The second kappa shape index (κ2) is 4.21. The molecule has 1 aromatic heterocycles. The number of nitrogens with one attached hydrogen (secondary N) is 1. The van der Waals surface area contributed by atoms with Gasteiger partial charge >= 0.3 is 0 Å². The Kier molecular flexibility index (Phi) is 3.21. The molecule has 1 aromatic rings. The minimum absolute atomic E-state index is 0.197. The van der Waals surface area contributed by atoms with E-state index in [0.717, 1.165) is 0 Å². The Hall–Kier alpha value is -1.40. The number of hydrogen-bond acceptors (Lipinski definition) is 6. The Morgan fingerprint density at radius 2 is 2.21 bits per heavy atom. The molecule has 0 aliphatic carbocycles. The smallest absolute Gasteiger partial charge is 0.148 e. The van der Waals surface area contributed by atoms with Gasteiger partial charge < -0.3 is 21.3 Å². The van der Waals surface area contributed by atoms with Crippen LogP contribution in [-0.2, 0) is 0 Å². The van der Waals surface area contributed by atoms with Gasteiger partial charge in [0.2, 0.25) is 0 Å². The van der Waals surface area contributed by atoms with E-state index in [1.165, 1.54) is 6.92 Å². The molecule has 1 unspecified atom stereocenters. The van der Waals surface area contributed by atoms with Gasteiger partial charge in [-0.2, -0.15) is 0 Å². The molecule has 78 valence electrons. The first kappa shape index (κ1) is 10.7. The van der Waals surface area contributed by atoms with Crippen LogP contribution >= 0.6 is 0 Å². The minimum atomic E-state index is -1.16. The zero-order valence-corrected chi connectivity index (χ0v) is 7.94. The van der Waals surface area contributed by atoms with Gasteiger partial charge in [0.15, 0.2) is 0 Å². The maximum absolute atomic E-state index is 9.45. The summed E-state index contributed by atoms with van der Waals surface area (Å²) in [7, 11) is 0. The first-order valence-corrected chi connectivity index (χ1v) is 4.20. The van der Waals surface area contributed by atoms with Gasteiger partial charge in [0, 0.05) is 6.54 Å². The summed E-state index contributed by atoms with van der Waals surface area (Å²) in [6, 6.07) is 3.25. The molecule has 6 heteroatoms. The third kappa shape index (κ3) is 3.15. The van der Waals surface area contributed by atoms with Crippen LogP contribution in [0.5, 0.6) is 0 Å². The molecule has 0 spiro atoms. The van der Waals surface area contributed by atoms with E-state index in [4.69, 9.17) is 10.8 Å². The second-order valence-corrected chi connectivity index (χ2v) is 3.35. The lowest BCUT2D eigenvalue weighted by Gasteiger charge is -2.20. The van der Waals surface area contributed by atoms with Crippen LogP contribution in [0, 0.1) is 0 Å². The van der Waals surface area contributed by atoms with Crippen molar-refractivity contribution in [2.75, 3.05) is 24.2 Å². The maximum Gasteiger partial charge on any atom is 0.148 e. The highest BCUT2D eigenvalue weighted by Gasteiger charge is 2.18. The lowest BCUT2D eigenvalue weighted by atomic mass is 10.1. The second-order valence-electron chi connectivity index (χ2n) is 3.35. The normalized spacial score (nSPS) is 14.8. The molecule has 6 nitrogen and oxygen atoms in total. The highest BCUT2D eigenvalue weighted by Crippen LogP contribution is 2.06. The van der Waals surface area contributed by atoms with Gasteiger partial charge in [-0.25, -0.2) is 0 Å². The topological polar surface area (TPSA) is 104 Å². The molecule has 0 amide bonds. The largest absolute Gasteiger partial charge is 0.393 e. The van der Waals surface area contributed by atoms with Gasteiger partial charge in [-0.05, 0) is 19.1 Å². The van der Waals surface area contributed by atoms with E-state index >= 15 is 0 Å². The van der Waals surface area contributed by atoms with Crippen LogP contribution in [0.1, 0.15) is 6.92 Å². The number of aliphatic hydroxyl groups is 2. The molecular weight excluding hydrogens is 184 g/mol. The maximum atomic E-state index is 9.45. The van der Waals surface area contributed by atoms with Crippen molar-refractivity contribution >= 4 is 11.6 Å². The fourth-order valence-electron chi connectivity index (χ4n) is 0.774. The number of nitrogens with zero attached hydrogens (tertiary/aromatic N) is 2. The zero-order chi connectivity index (χ0) is 10.6. The molecule has 5 N–H and O–H groups in total. The number of nitrogen functional groups attached to an aromatic ring is 1. The van der Waals surface area contributed by atoms with Crippen molar-refractivity contribution in [1.82, 2.24) is 10.2 Å². The van der Waals surface area contributed by atoms with Gasteiger partial charge in [-0.3, -0.25) is 0 Å². The van der Waals surface area contributed by atoms with Crippen molar-refractivity contribution in [2.24, 2.45) is 0 Å². The third-order valence-corrected chi connectivity index (χ3v) is 1.68. The van der Waals surface area contributed by atoms with E-state index in [9.17, 15) is 5.11 Å². The fraction of sp³-hybridized carbons (Fsp3) is 0.500. The Bertz CT molecular complexity index is 286. The van der Waals surface area contributed by atoms with E-state index in [-0.39, 0.29) is 13.2 Å². The molecule has 0 radical (unpaired) electrons. The fourth-order valence-corrected chi connectivity index (χ4v) is 0.774. The van der Waals surface area contributed by atoms with Crippen LogP contribution in [-0.4, -0.2) is 39.2 Å². The van der Waals surface area contributed by atoms with Crippen LogP contribution in [0.15, 0.2) is 12.1 Å². The Balaban J connectivity index is 2.50. The van der Waals surface area contributed by atoms with Crippen molar-refractivity contribution in [1.29, 1.82) is 0 Å². The van der Waals surface area contributed by atoms with Crippen molar-refractivity contribution in [3.8, 4) is 0 Å². The lowest BCUT2D eigenvalue weighted by Crippen LogP contribution is -2.37. The molecular formula is C8H14N4O2. The van der Waals surface area contributed by atoms with Gasteiger partial charge in [-0.1, -0.05) is 0 Å². The molecule has 14 heavy (non-hydrogen) atoms. The third-order valence-electron chi connectivity index (χ3n) is 1.68. The van der Waals surface area contributed by atoms with Crippen LogP contribution in [0.2, 0.25) is 0 Å². The van der Waals surface area contributed by atoms with Crippen molar-refractivity contribution in [2.45, 2.75) is 12.5 Å². The molecule has 0 aliphatic rings. The Morgan fingerprint density at radius 1 is 1.50 bits per heavy atom. The van der Waals surface area contributed by atoms with Gasteiger partial charge in [0.05, 0.1) is 6.61 Å². The van der Waals surface area contributed by atoms with E-state index in [0.29, 0.717) is 11.6 Å². The molecule has 0 fully saturated rings. The molecule has 1 heterocycles. The monoisotopic (exact) mass is 198 g/mol. The van der Waals surface area contributed by atoms with E-state index in [2.05, 4.69) is 15.5 Å². The highest BCUT2D eigenvalue weighted by atomic mass is 16.3. The number of anilines is 2. The number of nitrogens with two attached hydrogens (primary N) is 1. The molecule has 0 saturated carbocycles. The van der Waals surface area contributed by atoms with Crippen LogP contribution in [0.25, 0.3) is 0 Å². The van der Waals surface area contributed by atoms with E-state index in [1.54, 1.807) is 12.1 Å². The van der Waals surface area contributed by atoms with Gasteiger partial charge in [0.1, 0.15) is 17.2 Å². The Morgan fingerprint density at radius 3 is 2.71 bits per heavy atom. The molecule has 0 saturated heterocycles. The van der Waals surface area contributed by atoms with Crippen LogP contribution < -0.4 is 11.1 Å². The summed E-state index contributed by atoms with van der Waals surface area (Å²) in [4.78, 5) is 0. The summed E-state index contributed by atoms with van der Waals surface area (Å²) in [5, 5.41) is 28.4. The predicted octanol–water partition coefficient (Wildman–Crippen LogP) is -0.786. The standard InChI is InChI=1S/C8H14N4O2/c1-8(14,5-13)4-10-7-3-2-6(9)11-12-7/h2-3,13-14H,4-5H2,1H3,(H2,9,11)(H,10,12). The first-order chi connectivity index (χ1) is 6.53. The summed E-state index contributed by atoms with van der Waals surface area (Å²) in [5.41, 5.74) is 4.18. The number of rotatable bonds is 4. The predicted molar refractivity (Wildman–Crippen MR) is 52.6 cm³/mol. The lowest BCUT2D eigenvalue weighted by molar-refractivity contribution is 0.0131. The average Bonchev–Trinajstić information content (AvgIpc) is 2.17. The number of aliphatic hydroxyl groups excluding tert-OH is 1. The quantitative estimate of drug-likeness (QED) is 0.505. The molecule has 0 aromatic carbocycles. The van der Waals surface area contributed by atoms with E-state index < -0.39 is 5.60 Å². The SMILES string of the molecule is CC(O)(CO)CNc1ccc(N)nn1. The first-order valence-electron chi connectivity index (χ1n) is 4.20. The number of aromatic nitrogens is 2. The summed E-state index contributed by atoms with van der Waals surface area (Å²) >= 11 is 0. The van der Waals surface area contributed by atoms with Crippen LogP contribution in [0.4, 0.5) is 11.6 Å². The van der Waals surface area contributed by atoms with E-state index in [1.807, 2.05) is 0 Å². The van der Waals surface area contributed by atoms with Gasteiger partial charge in [0.25, 0.3) is 0 Å². The van der Waals surface area contributed by atoms with Gasteiger partial charge in [-0.15, -0.1) is 10.2 Å². The van der Waals surface area contributed by atoms with Crippen LogP contribution in [0.3, 0.4) is 0 Å². The molecule has 0 bridgehead atoms. The van der Waals surface area contributed by atoms with Crippen molar-refractivity contribution < 1.29 is 10.2 Å². The van der Waals surface area contributed by atoms with Crippen molar-refractivity contribution in [3.05, 3.63) is 12.1 Å². The summed E-state index contributed by atoms with van der Waals surface area (Å²) < 4.78 is 0. The van der Waals surface area contributed by atoms with Crippen molar-refractivity contribution in [3.63, 3.8) is 0 Å². The molecule has 1 atom stereocenters. The number of hydrogen-bond donors (Lipinski definition) is 4.